The first kappa shape index (κ1) is 29.3. The minimum Gasteiger partial charge on any atom is -0.493 e. The lowest BCUT2D eigenvalue weighted by molar-refractivity contribution is -0.180. The highest BCUT2D eigenvalue weighted by atomic mass is 16.6. The van der Waals surface area contributed by atoms with E-state index in [0.717, 1.165) is 18.1 Å². The molecular weight excluding hydrogens is 526 g/mol. The van der Waals surface area contributed by atoms with Crippen LogP contribution in [0.2, 0.25) is 0 Å². The van der Waals surface area contributed by atoms with Gasteiger partial charge in [-0.15, -0.1) is 0 Å². The molecule has 2 aliphatic heterocycles. The van der Waals surface area contributed by atoms with E-state index >= 15 is 0 Å². The minimum atomic E-state index is -1.72. The summed E-state index contributed by atoms with van der Waals surface area (Å²) in [5.74, 6) is -3.28. The van der Waals surface area contributed by atoms with Gasteiger partial charge in [-0.3, -0.25) is 9.59 Å². The van der Waals surface area contributed by atoms with Gasteiger partial charge in [0.2, 0.25) is 6.10 Å². The minimum absolute atomic E-state index is 0.161. The number of carbonyl (C=O) groups excluding carboxylic acids is 3. The number of aryl methyl sites for hydroxylation is 1. The van der Waals surface area contributed by atoms with Gasteiger partial charge in [-0.05, 0) is 58.5 Å². The van der Waals surface area contributed by atoms with Crippen molar-refractivity contribution in [3.8, 4) is 11.5 Å². The summed E-state index contributed by atoms with van der Waals surface area (Å²) in [6, 6.07) is 3.43. The Hall–Kier alpha value is -3.64. The highest BCUT2D eigenvalue weighted by Gasteiger charge is 2.69. The summed E-state index contributed by atoms with van der Waals surface area (Å²) in [4.78, 5) is 50.1. The Bertz CT molecular complexity index is 1240. The number of carbonyl (C=O) groups is 4. The lowest BCUT2D eigenvalue weighted by Gasteiger charge is -2.58. The fraction of sp³-hybridized carbons (Fsp3) is 0.571. The number of hydrogen-bond donors (Lipinski definition) is 2. The van der Waals surface area contributed by atoms with Crippen molar-refractivity contribution in [2.45, 2.75) is 82.3 Å². The number of fused-ring (bicyclic) bond motifs is 1. The molecule has 1 spiro atoms. The standard InChI is InChI=1S/C28H35NO11/c1-14-7-8-18(36-6)23-22(14)27-11-12-29(5)16(3)28(27,35)10-9-19(24(27)40-23)39-25(33)15(2)37-26(34)20(13-21(31)32)38-17(4)30/h7-9,15-16,20,24,35H,10-13H2,1-6H3,(H,31,32)/t15-,16+,20-,24-,27-,28+/m0/s1. The zero-order valence-electron chi connectivity index (χ0n) is 23.4. The summed E-state index contributed by atoms with van der Waals surface area (Å²) in [5, 5.41) is 21.3. The number of carboxylic acid groups (broad SMARTS) is 1. The Morgan fingerprint density at radius 3 is 2.52 bits per heavy atom. The molecular formula is C28H35NO11. The number of carboxylic acids is 1. The van der Waals surface area contributed by atoms with Gasteiger partial charge < -0.3 is 38.8 Å². The molecule has 0 aromatic heterocycles. The third kappa shape index (κ3) is 4.68. The summed E-state index contributed by atoms with van der Waals surface area (Å²) in [6.45, 7) is 6.82. The summed E-state index contributed by atoms with van der Waals surface area (Å²) in [6.07, 6.45) is -2.60. The molecule has 1 aliphatic carbocycles. The van der Waals surface area contributed by atoms with Gasteiger partial charge in [0.25, 0.3) is 0 Å². The van der Waals surface area contributed by atoms with Gasteiger partial charge in [-0.1, -0.05) is 6.07 Å². The van der Waals surface area contributed by atoms with E-state index in [0.29, 0.717) is 24.5 Å². The van der Waals surface area contributed by atoms with Crippen LogP contribution in [0.4, 0.5) is 0 Å². The van der Waals surface area contributed by atoms with Crippen LogP contribution in [0, 0.1) is 6.92 Å². The number of ether oxygens (including phenoxy) is 5. The molecule has 0 amide bonds. The molecule has 218 valence electrons. The molecule has 1 saturated heterocycles. The van der Waals surface area contributed by atoms with Crippen molar-refractivity contribution in [2.24, 2.45) is 0 Å². The van der Waals surface area contributed by atoms with Crippen molar-refractivity contribution in [3.05, 3.63) is 35.1 Å². The Balaban J connectivity index is 1.64. The van der Waals surface area contributed by atoms with Gasteiger partial charge in [-0.2, -0.15) is 0 Å². The number of piperidine rings is 1. The predicted molar refractivity (Wildman–Crippen MR) is 138 cm³/mol. The molecule has 6 atom stereocenters. The number of methoxy groups -OCH3 is 1. The van der Waals surface area contributed by atoms with Crippen LogP contribution in [0.1, 0.15) is 51.2 Å². The third-order valence-corrected chi connectivity index (χ3v) is 8.31. The van der Waals surface area contributed by atoms with Crippen molar-refractivity contribution >= 4 is 23.9 Å². The van der Waals surface area contributed by atoms with Gasteiger partial charge >= 0.3 is 23.9 Å². The van der Waals surface area contributed by atoms with Crippen molar-refractivity contribution in [1.82, 2.24) is 4.90 Å². The second-order valence-corrected chi connectivity index (χ2v) is 10.6. The van der Waals surface area contributed by atoms with E-state index in [4.69, 9.17) is 28.8 Å². The molecule has 1 fully saturated rings. The highest BCUT2D eigenvalue weighted by Crippen LogP contribution is 2.62. The van der Waals surface area contributed by atoms with Gasteiger partial charge in [0, 0.05) is 24.9 Å². The fourth-order valence-corrected chi connectivity index (χ4v) is 6.18. The van der Waals surface area contributed by atoms with Crippen LogP contribution < -0.4 is 9.47 Å². The number of likely N-dealkylation sites (N-methyl/N-ethyl adjacent to an activating group) is 1. The van der Waals surface area contributed by atoms with Crippen molar-refractivity contribution < 1.29 is 53.1 Å². The molecule has 1 aromatic carbocycles. The van der Waals surface area contributed by atoms with Gasteiger partial charge in [-0.25, -0.2) is 9.59 Å². The molecule has 40 heavy (non-hydrogen) atoms. The predicted octanol–water partition coefficient (Wildman–Crippen LogP) is 1.63. The smallest absolute Gasteiger partial charge is 0.352 e. The van der Waals surface area contributed by atoms with Crippen molar-refractivity contribution in [2.75, 3.05) is 20.7 Å². The number of likely N-dealkylation sites (tertiary alicyclic amines) is 1. The first-order valence-electron chi connectivity index (χ1n) is 13.1. The van der Waals surface area contributed by atoms with Crippen LogP contribution in [0.5, 0.6) is 11.5 Å². The topological polar surface area (TPSA) is 158 Å². The maximum atomic E-state index is 13.1. The molecule has 2 N–H and O–H groups in total. The normalized spacial score (nSPS) is 28.4. The van der Waals surface area contributed by atoms with Crippen LogP contribution in [0.3, 0.4) is 0 Å². The Labute approximate surface area is 231 Å². The van der Waals surface area contributed by atoms with Gasteiger partial charge in [0.15, 0.2) is 23.7 Å². The van der Waals surface area contributed by atoms with Crippen LogP contribution in [0.15, 0.2) is 24.0 Å². The molecule has 1 aromatic rings. The van der Waals surface area contributed by atoms with E-state index in [2.05, 4.69) is 4.90 Å². The fourth-order valence-electron chi connectivity index (χ4n) is 6.18. The number of aliphatic hydroxyl groups is 1. The van der Waals surface area contributed by atoms with E-state index < -0.39 is 59.6 Å². The summed E-state index contributed by atoms with van der Waals surface area (Å²) < 4.78 is 27.6. The summed E-state index contributed by atoms with van der Waals surface area (Å²) >= 11 is 0. The van der Waals surface area contributed by atoms with Crippen LogP contribution in [-0.4, -0.2) is 89.6 Å². The van der Waals surface area contributed by atoms with E-state index in [1.165, 1.54) is 14.0 Å². The second kappa shape index (κ2) is 10.7. The first-order chi connectivity index (χ1) is 18.8. The molecule has 0 saturated carbocycles. The maximum absolute atomic E-state index is 13.1. The lowest BCUT2D eigenvalue weighted by atomic mass is 9.54. The van der Waals surface area contributed by atoms with E-state index in [9.17, 15) is 24.3 Å². The highest BCUT2D eigenvalue weighted by molar-refractivity contribution is 5.86. The zero-order chi connectivity index (χ0) is 29.6. The number of aliphatic carboxylic acids is 1. The Morgan fingerprint density at radius 1 is 1.20 bits per heavy atom. The largest absolute Gasteiger partial charge is 0.493 e. The number of esters is 3. The van der Waals surface area contributed by atoms with Crippen molar-refractivity contribution in [3.63, 3.8) is 0 Å². The van der Waals surface area contributed by atoms with Crippen LogP contribution in [0.25, 0.3) is 0 Å². The van der Waals surface area contributed by atoms with E-state index in [1.54, 1.807) is 12.1 Å². The van der Waals surface area contributed by atoms with E-state index in [-0.39, 0.29) is 18.2 Å². The van der Waals surface area contributed by atoms with E-state index in [1.807, 2.05) is 27.0 Å². The quantitative estimate of drug-likeness (QED) is 0.350. The molecule has 4 rings (SSSR count). The first-order valence-corrected chi connectivity index (χ1v) is 13.1. The number of nitrogens with zero attached hydrogens (tertiary/aromatic N) is 1. The summed E-state index contributed by atoms with van der Waals surface area (Å²) in [5.41, 5.74) is -0.523. The molecule has 12 heteroatoms. The molecule has 0 bridgehead atoms. The Kier molecular flexibility index (Phi) is 7.88. The number of rotatable bonds is 8. The molecule has 0 unspecified atom stereocenters. The number of benzene rings is 1. The zero-order valence-corrected chi connectivity index (χ0v) is 23.4. The molecule has 3 aliphatic rings. The maximum Gasteiger partial charge on any atom is 0.352 e. The molecule has 12 nitrogen and oxygen atoms in total. The number of hydrogen-bond acceptors (Lipinski definition) is 11. The van der Waals surface area contributed by atoms with Crippen LogP contribution in [-0.2, 0) is 38.8 Å². The van der Waals surface area contributed by atoms with Crippen molar-refractivity contribution in [1.29, 1.82) is 0 Å². The third-order valence-electron chi connectivity index (χ3n) is 8.31. The summed E-state index contributed by atoms with van der Waals surface area (Å²) in [7, 11) is 3.47. The average Bonchev–Trinajstić information content (AvgIpc) is 3.25. The Morgan fingerprint density at radius 2 is 1.90 bits per heavy atom. The molecule has 0 radical (unpaired) electrons. The average molecular weight is 562 g/mol. The molecule has 2 heterocycles. The monoisotopic (exact) mass is 561 g/mol. The lowest BCUT2D eigenvalue weighted by Crippen LogP contribution is -2.71. The van der Waals surface area contributed by atoms with Gasteiger partial charge in [0.1, 0.15) is 5.76 Å². The second-order valence-electron chi connectivity index (χ2n) is 10.6. The van der Waals surface area contributed by atoms with Gasteiger partial charge in [0.05, 0.1) is 24.5 Å². The SMILES string of the molecule is COc1ccc(C)c2c1O[C@H]1C(OC(=O)[C@H](C)OC(=O)[C@H](CC(=O)O)OC(C)=O)=CC[C@@]3(O)[C@@H](C)N(C)CC[C@]213. The van der Waals surface area contributed by atoms with Crippen LogP contribution >= 0.6 is 0 Å².